The predicted molar refractivity (Wildman–Crippen MR) is 70.2 cm³/mol. The highest BCUT2D eigenvalue weighted by molar-refractivity contribution is 5.90. The predicted octanol–water partition coefficient (Wildman–Crippen LogP) is 0.382. The maximum atomic E-state index is 5.73. The summed E-state index contributed by atoms with van der Waals surface area (Å²) in [4.78, 5) is 14.7. The first-order valence-electron chi connectivity index (χ1n) is 5.51. The standard InChI is InChI=1S/C11H20N6/c1-8-7-9(2)15-11(14-8)16-10(12)13-5-6-17(3)4/h7H,5-6H2,1-4H3,(H3,12,13,14,15,16). The maximum Gasteiger partial charge on any atom is 0.229 e. The van der Waals surface area contributed by atoms with Gasteiger partial charge < -0.3 is 10.6 Å². The van der Waals surface area contributed by atoms with Crippen LogP contribution in [0.4, 0.5) is 5.95 Å². The Kier molecular flexibility index (Phi) is 4.84. The Bertz CT molecular complexity index is 379. The van der Waals surface area contributed by atoms with Crippen molar-refractivity contribution in [2.24, 2.45) is 10.7 Å². The Labute approximate surface area is 102 Å². The van der Waals surface area contributed by atoms with Gasteiger partial charge in [0.05, 0.1) is 6.54 Å². The van der Waals surface area contributed by atoms with Gasteiger partial charge in [-0.3, -0.25) is 10.3 Å². The molecular weight excluding hydrogens is 216 g/mol. The number of likely N-dealkylation sites (N-methyl/N-ethyl adjacent to an activating group) is 1. The second kappa shape index (κ2) is 6.15. The first-order valence-corrected chi connectivity index (χ1v) is 5.51. The van der Waals surface area contributed by atoms with E-state index in [2.05, 4.69) is 20.3 Å². The number of nitrogens with two attached hydrogens (primary N) is 1. The molecule has 0 amide bonds. The van der Waals surface area contributed by atoms with E-state index in [4.69, 9.17) is 5.73 Å². The van der Waals surface area contributed by atoms with Crippen LogP contribution in [0.3, 0.4) is 0 Å². The van der Waals surface area contributed by atoms with Gasteiger partial charge in [-0.2, -0.15) is 0 Å². The summed E-state index contributed by atoms with van der Waals surface area (Å²) in [7, 11) is 3.98. The van der Waals surface area contributed by atoms with E-state index in [1.54, 1.807) is 0 Å². The van der Waals surface area contributed by atoms with E-state index < -0.39 is 0 Å². The number of nitrogens with one attached hydrogen (secondary N) is 1. The first-order chi connectivity index (χ1) is 7.97. The normalized spacial score (nSPS) is 11.9. The molecule has 0 atom stereocenters. The smallest absolute Gasteiger partial charge is 0.229 e. The number of rotatable bonds is 4. The number of anilines is 1. The second-order valence-electron chi connectivity index (χ2n) is 4.17. The molecule has 0 bridgehead atoms. The third-order valence-corrected chi connectivity index (χ3v) is 2.05. The van der Waals surface area contributed by atoms with Crippen molar-refractivity contribution in [1.29, 1.82) is 0 Å². The van der Waals surface area contributed by atoms with E-state index in [1.807, 2.05) is 38.9 Å². The van der Waals surface area contributed by atoms with Crippen LogP contribution in [0.2, 0.25) is 0 Å². The van der Waals surface area contributed by atoms with Gasteiger partial charge in [0.15, 0.2) is 5.96 Å². The molecule has 3 N–H and O–H groups in total. The average Bonchev–Trinajstić information content (AvgIpc) is 2.14. The monoisotopic (exact) mass is 236 g/mol. The van der Waals surface area contributed by atoms with Crippen molar-refractivity contribution >= 4 is 11.9 Å². The van der Waals surface area contributed by atoms with E-state index in [0.29, 0.717) is 18.5 Å². The van der Waals surface area contributed by atoms with Crippen molar-refractivity contribution < 1.29 is 0 Å². The van der Waals surface area contributed by atoms with E-state index >= 15 is 0 Å². The van der Waals surface area contributed by atoms with Crippen molar-refractivity contribution in [3.05, 3.63) is 17.5 Å². The largest absolute Gasteiger partial charge is 0.370 e. The van der Waals surface area contributed by atoms with Crippen LogP contribution < -0.4 is 11.1 Å². The fourth-order valence-electron chi connectivity index (χ4n) is 1.31. The zero-order chi connectivity index (χ0) is 12.8. The summed E-state index contributed by atoms with van der Waals surface area (Å²) < 4.78 is 0. The highest BCUT2D eigenvalue weighted by Crippen LogP contribution is 2.02. The number of guanidine groups is 1. The van der Waals surface area contributed by atoms with E-state index in [9.17, 15) is 0 Å². The maximum absolute atomic E-state index is 5.73. The SMILES string of the molecule is Cc1cc(C)nc(NC(N)=NCCN(C)C)n1. The van der Waals surface area contributed by atoms with Gasteiger partial charge in [-0.1, -0.05) is 0 Å². The zero-order valence-electron chi connectivity index (χ0n) is 10.9. The van der Waals surface area contributed by atoms with Gasteiger partial charge in [-0.05, 0) is 34.0 Å². The number of hydrogen-bond donors (Lipinski definition) is 2. The Morgan fingerprint density at radius 2 is 1.94 bits per heavy atom. The Hall–Kier alpha value is -1.69. The van der Waals surface area contributed by atoms with Crippen molar-refractivity contribution in [3.63, 3.8) is 0 Å². The summed E-state index contributed by atoms with van der Waals surface area (Å²) in [6, 6.07) is 1.91. The van der Waals surface area contributed by atoms with Crippen molar-refractivity contribution in [2.45, 2.75) is 13.8 Å². The Morgan fingerprint density at radius 3 is 2.47 bits per heavy atom. The van der Waals surface area contributed by atoms with Gasteiger partial charge in [-0.15, -0.1) is 0 Å². The summed E-state index contributed by atoms with van der Waals surface area (Å²) in [6.07, 6.45) is 0. The molecule has 0 aliphatic rings. The fraction of sp³-hybridized carbons (Fsp3) is 0.545. The highest BCUT2D eigenvalue weighted by atomic mass is 15.2. The topological polar surface area (TPSA) is 79.4 Å². The Balaban J connectivity index is 2.58. The van der Waals surface area contributed by atoms with Gasteiger partial charge in [0.2, 0.25) is 5.95 Å². The van der Waals surface area contributed by atoms with Crippen molar-refractivity contribution in [2.75, 3.05) is 32.5 Å². The molecule has 0 saturated heterocycles. The molecule has 1 aromatic heterocycles. The third-order valence-electron chi connectivity index (χ3n) is 2.05. The number of hydrogen-bond acceptors (Lipinski definition) is 4. The van der Waals surface area contributed by atoms with Gasteiger partial charge in [0, 0.05) is 17.9 Å². The molecule has 6 nitrogen and oxygen atoms in total. The molecule has 0 aromatic carbocycles. The van der Waals surface area contributed by atoms with E-state index in [1.165, 1.54) is 0 Å². The van der Waals surface area contributed by atoms with Crippen LogP contribution in [-0.2, 0) is 0 Å². The lowest BCUT2D eigenvalue weighted by atomic mass is 10.4. The average molecular weight is 236 g/mol. The van der Waals surface area contributed by atoms with Crippen LogP contribution in [0, 0.1) is 13.8 Å². The Morgan fingerprint density at radius 1 is 1.35 bits per heavy atom. The van der Waals surface area contributed by atoms with Gasteiger partial charge in [0.1, 0.15) is 0 Å². The summed E-state index contributed by atoms with van der Waals surface area (Å²) >= 11 is 0. The third kappa shape index (κ3) is 5.26. The summed E-state index contributed by atoms with van der Waals surface area (Å²) in [5, 5.41) is 2.88. The molecule has 6 heteroatoms. The number of aryl methyl sites for hydroxylation is 2. The van der Waals surface area contributed by atoms with Crippen molar-refractivity contribution in [1.82, 2.24) is 14.9 Å². The quantitative estimate of drug-likeness (QED) is 0.583. The van der Waals surface area contributed by atoms with Crippen LogP contribution in [-0.4, -0.2) is 48.0 Å². The molecule has 1 rings (SSSR count). The lowest BCUT2D eigenvalue weighted by molar-refractivity contribution is 0.420. The molecule has 0 aliphatic heterocycles. The zero-order valence-corrected chi connectivity index (χ0v) is 10.9. The fourth-order valence-corrected chi connectivity index (χ4v) is 1.31. The molecule has 0 aliphatic carbocycles. The van der Waals surface area contributed by atoms with Crippen LogP contribution in [0.25, 0.3) is 0 Å². The van der Waals surface area contributed by atoms with E-state index in [-0.39, 0.29) is 0 Å². The van der Waals surface area contributed by atoms with Gasteiger partial charge in [-0.25, -0.2) is 9.97 Å². The molecule has 0 fully saturated rings. The lowest BCUT2D eigenvalue weighted by Gasteiger charge is -2.08. The van der Waals surface area contributed by atoms with Crippen LogP contribution in [0.5, 0.6) is 0 Å². The molecule has 0 spiro atoms. The lowest BCUT2D eigenvalue weighted by Crippen LogP contribution is -2.26. The minimum Gasteiger partial charge on any atom is -0.370 e. The molecule has 0 unspecified atom stereocenters. The number of nitrogens with zero attached hydrogens (tertiary/aromatic N) is 4. The highest BCUT2D eigenvalue weighted by Gasteiger charge is 2.00. The minimum atomic E-state index is 0.344. The van der Waals surface area contributed by atoms with E-state index in [0.717, 1.165) is 17.9 Å². The number of aliphatic imine (C=N–C) groups is 1. The minimum absolute atomic E-state index is 0.344. The van der Waals surface area contributed by atoms with Crippen LogP contribution >= 0.6 is 0 Å². The molecular formula is C11H20N6. The molecule has 0 saturated carbocycles. The first kappa shape index (κ1) is 13.4. The molecule has 1 aromatic rings. The summed E-state index contributed by atoms with van der Waals surface area (Å²) in [6.45, 7) is 5.34. The van der Waals surface area contributed by atoms with Crippen molar-refractivity contribution in [3.8, 4) is 0 Å². The van der Waals surface area contributed by atoms with Gasteiger partial charge in [0.25, 0.3) is 0 Å². The second-order valence-corrected chi connectivity index (χ2v) is 4.17. The molecule has 94 valence electrons. The molecule has 17 heavy (non-hydrogen) atoms. The summed E-state index contributed by atoms with van der Waals surface area (Å²) in [5.74, 6) is 0.838. The van der Waals surface area contributed by atoms with Crippen LogP contribution in [0.15, 0.2) is 11.1 Å². The van der Waals surface area contributed by atoms with Gasteiger partial charge >= 0.3 is 0 Å². The summed E-state index contributed by atoms with van der Waals surface area (Å²) in [5.41, 5.74) is 7.54. The molecule has 0 radical (unpaired) electrons. The van der Waals surface area contributed by atoms with Crippen LogP contribution in [0.1, 0.15) is 11.4 Å². The number of aromatic nitrogens is 2. The molecule has 1 heterocycles.